The van der Waals surface area contributed by atoms with Gasteiger partial charge in [0, 0.05) is 13.0 Å². The monoisotopic (exact) mass is 817 g/mol. The molecular weight excluding hydrogens is 733 g/mol. The van der Waals surface area contributed by atoms with E-state index in [0.717, 1.165) is 96.3 Å². The second kappa shape index (κ2) is 40.1. The Morgan fingerprint density at radius 2 is 1.05 bits per heavy atom. The zero-order valence-electron chi connectivity index (χ0n) is 36.5. The third-order valence-corrected chi connectivity index (χ3v) is 10.1. The maximum absolute atomic E-state index is 12.8. The van der Waals surface area contributed by atoms with Crippen LogP contribution in [0.25, 0.3) is 0 Å². The first-order valence-electron chi connectivity index (χ1n) is 23.0. The van der Waals surface area contributed by atoms with E-state index in [1.165, 1.54) is 51.4 Å². The third kappa shape index (κ3) is 30.6. The smallest absolute Gasteiger partial charge is 0.306 e. The lowest BCUT2D eigenvalue weighted by Gasteiger charge is -2.39. The molecule has 1 aliphatic rings. The van der Waals surface area contributed by atoms with Crippen LogP contribution >= 0.6 is 0 Å². The van der Waals surface area contributed by atoms with Gasteiger partial charge in [-0.05, 0) is 83.5 Å². The van der Waals surface area contributed by atoms with E-state index in [4.69, 9.17) is 18.9 Å². The van der Waals surface area contributed by atoms with Crippen molar-refractivity contribution in [1.29, 1.82) is 0 Å². The van der Waals surface area contributed by atoms with Gasteiger partial charge in [-0.25, -0.2) is 0 Å². The van der Waals surface area contributed by atoms with Gasteiger partial charge in [-0.15, -0.1) is 0 Å². The molecule has 6 unspecified atom stereocenters. The third-order valence-electron chi connectivity index (χ3n) is 10.1. The van der Waals surface area contributed by atoms with Crippen LogP contribution in [0.5, 0.6) is 0 Å². The molecule has 0 amide bonds. The molecule has 0 aliphatic carbocycles. The van der Waals surface area contributed by atoms with Crippen molar-refractivity contribution in [2.45, 2.75) is 205 Å². The van der Waals surface area contributed by atoms with Crippen molar-refractivity contribution >= 4 is 5.97 Å². The van der Waals surface area contributed by atoms with Crippen LogP contribution in [0.1, 0.15) is 168 Å². The zero-order valence-corrected chi connectivity index (χ0v) is 36.5. The van der Waals surface area contributed by atoms with Gasteiger partial charge < -0.3 is 39.4 Å². The first kappa shape index (κ1) is 53.6. The topological polar surface area (TPSA) is 135 Å². The van der Waals surface area contributed by atoms with Crippen molar-refractivity contribution in [3.8, 4) is 0 Å². The first-order valence-corrected chi connectivity index (χ1v) is 23.0. The van der Waals surface area contributed by atoms with Crippen molar-refractivity contribution in [3.05, 3.63) is 72.9 Å². The summed E-state index contributed by atoms with van der Waals surface area (Å²) >= 11 is 0. The average Bonchev–Trinajstić information content (AvgIpc) is 3.22. The van der Waals surface area contributed by atoms with Crippen LogP contribution in [0.2, 0.25) is 0 Å². The number of carbonyl (C=O) groups excluding carboxylic acids is 1. The van der Waals surface area contributed by atoms with E-state index in [1.54, 1.807) is 0 Å². The van der Waals surface area contributed by atoms with Gasteiger partial charge in [0.1, 0.15) is 30.5 Å². The molecule has 1 aliphatic heterocycles. The van der Waals surface area contributed by atoms with E-state index in [-0.39, 0.29) is 19.2 Å². The number of hydrogen-bond acceptors (Lipinski definition) is 9. The summed E-state index contributed by atoms with van der Waals surface area (Å²) in [5, 5.41) is 40.1. The number of esters is 1. The van der Waals surface area contributed by atoms with E-state index in [1.807, 2.05) is 0 Å². The van der Waals surface area contributed by atoms with Crippen LogP contribution in [-0.2, 0) is 23.7 Å². The fourth-order valence-corrected chi connectivity index (χ4v) is 6.51. The molecule has 0 aromatic heterocycles. The van der Waals surface area contributed by atoms with Crippen LogP contribution in [0.3, 0.4) is 0 Å². The summed E-state index contributed by atoms with van der Waals surface area (Å²) in [5.74, 6) is -0.332. The molecule has 1 rings (SSSR count). The van der Waals surface area contributed by atoms with E-state index in [9.17, 15) is 25.2 Å². The average molecular weight is 817 g/mol. The molecule has 9 heteroatoms. The highest BCUT2D eigenvalue weighted by atomic mass is 16.7. The van der Waals surface area contributed by atoms with Crippen LogP contribution < -0.4 is 0 Å². The Balaban J connectivity index is 2.26. The Morgan fingerprint density at radius 3 is 1.60 bits per heavy atom. The minimum absolute atomic E-state index is 0.127. The lowest BCUT2D eigenvalue weighted by molar-refractivity contribution is -0.305. The van der Waals surface area contributed by atoms with Gasteiger partial charge in [0.25, 0.3) is 0 Å². The summed E-state index contributed by atoms with van der Waals surface area (Å²) in [6, 6.07) is 0. The SMILES string of the molecule is CC/C=C\C/C=C\C/C=C\C/C=C\C/C=C\CCCCCCCCOCC(COC1OC(CO)C(O)C(O)C1O)OC(=O)CCCCCCC/C=C\CCCCCC. The summed E-state index contributed by atoms with van der Waals surface area (Å²) in [5.41, 5.74) is 0. The Morgan fingerprint density at radius 1 is 0.569 bits per heavy atom. The van der Waals surface area contributed by atoms with E-state index < -0.39 is 43.4 Å². The summed E-state index contributed by atoms with van der Waals surface area (Å²) in [6.07, 6.45) is 45.0. The van der Waals surface area contributed by atoms with Crippen LogP contribution in [0.4, 0.5) is 0 Å². The predicted molar refractivity (Wildman–Crippen MR) is 237 cm³/mol. The molecule has 4 N–H and O–H groups in total. The lowest BCUT2D eigenvalue weighted by atomic mass is 9.99. The molecule has 0 aromatic rings. The van der Waals surface area contributed by atoms with Crippen LogP contribution in [0.15, 0.2) is 72.9 Å². The summed E-state index contributed by atoms with van der Waals surface area (Å²) in [4.78, 5) is 12.8. The molecule has 0 bridgehead atoms. The van der Waals surface area contributed by atoms with Crippen LogP contribution in [-0.4, -0.2) is 89.6 Å². The fraction of sp³-hybridized carbons (Fsp3) is 0.735. The number of unbranched alkanes of at least 4 members (excludes halogenated alkanes) is 15. The minimum Gasteiger partial charge on any atom is -0.457 e. The fourth-order valence-electron chi connectivity index (χ4n) is 6.51. The van der Waals surface area contributed by atoms with Gasteiger partial charge in [0.15, 0.2) is 6.29 Å². The molecule has 1 saturated heterocycles. The number of ether oxygens (including phenoxy) is 4. The van der Waals surface area contributed by atoms with Gasteiger partial charge in [0.2, 0.25) is 0 Å². The van der Waals surface area contributed by atoms with Crippen molar-refractivity contribution in [1.82, 2.24) is 0 Å². The van der Waals surface area contributed by atoms with E-state index >= 15 is 0 Å². The second-order valence-corrected chi connectivity index (χ2v) is 15.5. The zero-order chi connectivity index (χ0) is 42.2. The second-order valence-electron chi connectivity index (χ2n) is 15.5. The Bertz CT molecular complexity index is 1110. The van der Waals surface area contributed by atoms with Gasteiger partial charge in [-0.2, -0.15) is 0 Å². The number of allylic oxidation sites excluding steroid dienone is 12. The molecule has 334 valence electrons. The van der Waals surface area contributed by atoms with E-state index in [0.29, 0.717) is 13.0 Å². The number of carbonyl (C=O) groups is 1. The summed E-state index contributed by atoms with van der Waals surface area (Å²) in [6.45, 7) is 4.37. The van der Waals surface area contributed by atoms with Gasteiger partial charge >= 0.3 is 5.97 Å². The molecule has 0 radical (unpaired) electrons. The predicted octanol–water partition coefficient (Wildman–Crippen LogP) is 10.5. The van der Waals surface area contributed by atoms with Crippen molar-refractivity contribution < 1.29 is 44.2 Å². The first-order chi connectivity index (χ1) is 28.4. The van der Waals surface area contributed by atoms with Gasteiger partial charge in [-0.3, -0.25) is 4.79 Å². The number of rotatable bonds is 38. The minimum atomic E-state index is -1.54. The Kier molecular flexibility index (Phi) is 37.1. The highest BCUT2D eigenvalue weighted by Crippen LogP contribution is 2.22. The standard InChI is InChI=1S/C49H84O9/c1-3-5-7-9-11-13-15-17-18-19-20-21-22-23-24-25-27-29-31-33-35-37-39-55-41-43(42-56-49-48(54)47(53)46(52)44(40-50)58-49)57-45(51)38-36-34-32-30-28-26-16-14-12-10-8-6-4-2/h5,7,11,13-14,16-18,20-21,23-24,43-44,46-50,52-54H,3-4,6,8-10,12,15,19,22,25-42H2,1-2H3/b7-5-,13-11-,16-14-,18-17-,21-20-,24-23-. The molecule has 58 heavy (non-hydrogen) atoms. The molecule has 6 atom stereocenters. The lowest BCUT2D eigenvalue weighted by Crippen LogP contribution is -2.59. The van der Waals surface area contributed by atoms with Crippen molar-refractivity contribution in [3.63, 3.8) is 0 Å². The molecule has 9 nitrogen and oxygen atoms in total. The van der Waals surface area contributed by atoms with E-state index in [2.05, 4.69) is 86.8 Å². The number of hydrogen-bond donors (Lipinski definition) is 4. The molecule has 0 saturated carbocycles. The van der Waals surface area contributed by atoms with Crippen molar-refractivity contribution in [2.75, 3.05) is 26.4 Å². The summed E-state index contributed by atoms with van der Waals surface area (Å²) in [7, 11) is 0. The molecule has 1 fully saturated rings. The summed E-state index contributed by atoms with van der Waals surface area (Å²) < 4.78 is 22.8. The van der Waals surface area contributed by atoms with Crippen LogP contribution in [0, 0.1) is 0 Å². The highest BCUT2D eigenvalue weighted by molar-refractivity contribution is 5.69. The molecule has 0 spiro atoms. The molecule has 0 aromatic carbocycles. The highest BCUT2D eigenvalue weighted by Gasteiger charge is 2.44. The maximum Gasteiger partial charge on any atom is 0.306 e. The van der Waals surface area contributed by atoms with Gasteiger partial charge in [0.05, 0.1) is 19.8 Å². The van der Waals surface area contributed by atoms with Gasteiger partial charge in [-0.1, -0.05) is 151 Å². The number of aliphatic hydroxyl groups is 4. The van der Waals surface area contributed by atoms with Crippen molar-refractivity contribution in [2.24, 2.45) is 0 Å². The maximum atomic E-state index is 12.8. The number of aliphatic hydroxyl groups excluding tert-OH is 4. The molecular formula is C49H84O9. The quantitative estimate of drug-likeness (QED) is 0.0273. The Labute approximate surface area is 353 Å². The normalized spacial score (nSPS) is 21.0. The Hall–Kier alpha value is -2.37. The largest absolute Gasteiger partial charge is 0.457 e. The molecule has 1 heterocycles.